The van der Waals surface area contributed by atoms with Gasteiger partial charge in [0.1, 0.15) is 0 Å². The van der Waals surface area contributed by atoms with Gasteiger partial charge in [-0.25, -0.2) is 4.79 Å². The quantitative estimate of drug-likeness (QED) is 0.543. The van der Waals surface area contributed by atoms with Gasteiger partial charge < -0.3 is 21.3 Å². The van der Waals surface area contributed by atoms with Crippen LogP contribution >= 0.6 is 0 Å². The lowest BCUT2D eigenvalue weighted by Crippen LogP contribution is -2.43. The number of amides is 1. The molecule has 0 fully saturated rings. The lowest BCUT2D eigenvalue weighted by Gasteiger charge is -2.11. The molecule has 0 aliphatic rings. The lowest BCUT2D eigenvalue weighted by atomic mass is 10.1. The first-order valence-electron chi connectivity index (χ1n) is 5.02. The van der Waals surface area contributed by atoms with Crippen LogP contribution in [0.1, 0.15) is 15.9 Å². The van der Waals surface area contributed by atoms with Crippen LogP contribution in [0, 0.1) is 0 Å². The molecule has 1 aromatic rings. The van der Waals surface area contributed by atoms with Gasteiger partial charge in [-0.2, -0.15) is 0 Å². The van der Waals surface area contributed by atoms with Gasteiger partial charge in [-0.05, 0) is 17.7 Å². The highest BCUT2D eigenvalue weighted by Gasteiger charge is 2.19. The Morgan fingerprint density at radius 2 is 2.12 bits per heavy atom. The zero-order valence-corrected chi connectivity index (χ0v) is 9.09. The molecule has 1 aromatic carbocycles. The number of carboxylic acids is 1. The Labute approximate surface area is 98.1 Å². The number of carboxylic acid groups (broad SMARTS) is 1. The monoisotopic (exact) mass is 238 g/mol. The van der Waals surface area contributed by atoms with Crippen molar-refractivity contribution in [2.24, 2.45) is 5.73 Å². The second kappa shape index (κ2) is 5.97. The largest absolute Gasteiger partial charge is 0.480 e. The van der Waals surface area contributed by atoms with E-state index in [1.165, 1.54) is 0 Å². The summed E-state index contributed by atoms with van der Waals surface area (Å²) in [6.45, 7) is -0.360. The van der Waals surface area contributed by atoms with Crippen molar-refractivity contribution in [3.8, 4) is 0 Å². The minimum atomic E-state index is -1.30. The molecule has 0 saturated carbocycles. The van der Waals surface area contributed by atoms with Crippen molar-refractivity contribution < 1.29 is 19.8 Å². The van der Waals surface area contributed by atoms with Gasteiger partial charge in [0.15, 0.2) is 6.04 Å². The fourth-order valence-corrected chi connectivity index (χ4v) is 1.27. The average molecular weight is 238 g/mol. The van der Waals surface area contributed by atoms with E-state index in [1.807, 2.05) is 0 Å². The number of aliphatic carboxylic acids is 1. The van der Waals surface area contributed by atoms with Gasteiger partial charge in [0.25, 0.3) is 5.91 Å². The van der Waals surface area contributed by atoms with Crippen LogP contribution in [0.2, 0.25) is 0 Å². The summed E-state index contributed by atoms with van der Waals surface area (Å²) < 4.78 is 0. The molecule has 0 aromatic heterocycles. The zero-order chi connectivity index (χ0) is 12.8. The maximum Gasteiger partial charge on any atom is 0.328 e. The van der Waals surface area contributed by atoms with E-state index in [4.69, 9.17) is 15.9 Å². The van der Waals surface area contributed by atoms with Crippen molar-refractivity contribution in [1.82, 2.24) is 5.32 Å². The maximum atomic E-state index is 11.7. The molecular formula is C11H14N2O4. The lowest BCUT2D eigenvalue weighted by molar-refractivity contribution is -0.140. The fourth-order valence-electron chi connectivity index (χ4n) is 1.27. The Bertz CT molecular complexity index is 420. The molecular weight excluding hydrogens is 224 g/mol. The number of hydrogen-bond donors (Lipinski definition) is 4. The standard InChI is InChI=1S/C11H14N2O4/c12-5-7-2-1-3-8(4-7)10(15)13-9(6-14)11(16)17/h1-4,9,14H,5-6,12H2,(H,13,15)(H,16,17). The molecule has 0 bridgehead atoms. The number of carbonyl (C=O) groups excluding carboxylic acids is 1. The minimum Gasteiger partial charge on any atom is -0.480 e. The number of aliphatic hydroxyl groups is 1. The van der Waals surface area contributed by atoms with Gasteiger partial charge in [0.2, 0.25) is 0 Å². The van der Waals surface area contributed by atoms with Crippen LogP contribution in [0.5, 0.6) is 0 Å². The smallest absolute Gasteiger partial charge is 0.328 e. The molecule has 6 heteroatoms. The summed E-state index contributed by atoms with van der Waals surface area (Å²) in [7, 11) is 0. The molecule has 92 valence electrons. The van der Waals surface area contributed by atoms with E-state index in [2.05, 4.69) is 5.32 Å². The van der Waals surface area contributed by atoms with E-state index in [-0.39, 0.29) is 0 Å². The normalized spacial score (nSPS) is 11.9. The molecule has 1 rings (SSSR count). The molecule has 1 unspecified atom stereocenters. The molecule has 0 saturated heterocycles. The molecule has 6 nitrogen and oxygen atoms in total. The third kappa shape index (κ3) is 3.54. The number of rotatable bonds is 5. The number of nitrogens with one attached hydrogen (secondary N) is 1. The van der Waals surface area contributed by atoms with Gasteiger partial charge >= 0.3 is 5.97 Å². The highest BCUT2D eigenvalue weighted by atomic mass is 16.4. The van der Waals surface area contributed by atoms with Gasteiger partial charge in [-0.3, -0.25) is 4.79 Å². The molecule has 0 aliphatic heterocycles. The third-order valence-electron chi connectivity index (χ3n) is 2.21. The Morgan fingerprint density at radius 1 is 1.41 bits per heavy atom. The number of hydrogen-bond acceptors (Lipinski definition) is 4. The van der Waals surface area contributed by atoms with E-state index in [0.717, 1.165) is 5.56 Å². The van der Waals surface area contributed by atoms with E-state index < -0.39 is 24.5 Å². The molecule has 0 aliphatic carbocycles. The average Bonchev–Trinajstić information content (AvgIpc) is 2.35. The van der Waals surface area contributed by atoms with Crippen LogP contribution in [-0.4, -0.2) is 34.7 Å². The third-order valence-corrected chi connectivity index (χ3v) is 2.21. The molecule has 0 heterocycles. The van der Waals surface area contributed by atoms with Crippen molar-refractivity contribution in [3.05, 3.63) is 35.4 Å². The predicted molar refractivity (Wildman–Crippen MR) is 60.3 cm³/mol. The molecule has 1 amide bonds. The maximum absolute atomic E-state index is 11.7. The summed E-state index contributed by atoms with van der Waals surface area (Å²) in [5.74, 6) is -1.84. The number of carbonyl (C=O) groups is 2. The van der Waals surface area contributed by atoms with Crippen LogP contribution < -0.4 is 11.1 Å². The van der Waals surface area contributed by atoms with Crippen LogP contribution in [0.15, 0.2) is 24.3 Å². The van der Waals surface area contributed by atoms with E-state index in [9.17, 15) is 9.59 Å². The van der Waals surface area contributed by atoms with Gasteiger partial charge in [0.05, 0.1) is 6.61 Å². The van der Waals surface area contributed by atoms with Gasteiger partial charge in [-0.15, -0.1) is 0 Å². The van der Waals surface area contributed by atoms with Crippen LogP contribution in [0.4, 0.5) is 0 Å². The van der Waals surface area contributed by atoms with Gasteiger partial charge in [0, 0.05) is 12.1 Å². The van der Waals surface area contributed by atoms with Crippen LogP contribution in [0.25, 0.3) is 0 Å². The summed E-state index contributed by atoms with van der Waals surface area (Å²) in [4.78, 5) is 22.3. The Balaban J connectivity index is 2.78. The van der Waals surface area contributed by atoms with Crippen LogP contribution in [-0.2, 0) is 11.3 Å². The number of nitrogens with two attached hydrogens (primary N) is 1. The summed E-state index contributed by atoms with van der Waals surface area (Å²) in [6.07, 6.45) is 0. The molecule has 17 heavy (non-hydrogen) atoms. The van der Waals surface area contributed by atoms with E-state index >= 15 is 0 Å². The van der Waals surface area contributed by atoms with Crippen molar-refractivity contribution >= 4 is 11.9 Å². The van der Waals surface area contributed by atoms with Crippen molar-refractivity contribution in [1.29, 1.82) is 0 Å². The molecule has 5 N–H and O–H groups in total. The summed E-state index contributed by atoms with van der Waals surface area (Å²) in [6, 6.07) is 5.24. The molecule has 1 atom stereocenters. The second-order valence-electron chi connectivity index (χ2n) is 3.45. The SMILES string of the molecule is NCc1cccc(C(=O)NC(CO)C(=O)O)c1. The first kappa shape index (κ1) is 13.1. The summed E-state index contributed by atoms with van der Waals surface area (Å²) in [5.41, 5.74) is 6.51. The Kier molecular flexibility index (Phi) is 4.62. The first-order valence-corrected chi connectivity index (χ1v) is 5.02. The predicted octanol–water partition coefficient (Wildman–Crippen LogP) is -0.679. The first-order chi connectivity index (χ1) is 8.08. The Hall–Kier alpha value is -1.92. The summed E-state index contributed by atoms with van der Waals surface area (Å²) >= 11 is 0. The highest BCUT2D eigenvalue weighted by Crippen LogP contribution is 2.04. The molecule has 0 radical (unpaired) electrons. The van der Waals surface area contributed by atoms with E-state index in [0.29, 0.717) is 12.1 Å². The topological polar surface area (TPSA) is 113 Å². The summed E-state index contributed by atoms with van der Waals surface area (Å²) in [5, 5.41) is 19.7. The van der Waals surface area contributed by atoms with Crippen molar-refractivity contribution in [2.45, 2.75) is 12.6 Å². The second-order valence-corrected chi connectivity index (χ2v) is 3.45. The highest BCUT2D eigenvalue weighted by molar-refractivity contribution is 5.96. The molecule has 0 spiro atoms. The van der Waals surface area contributed by atoms with Crippen LogP contribution in [0.3, 0.4) is 0 Å². The van der Waals surface area contributed by atoms with Crippen molar-refractivity contribution in [3.63, 3.8) is 0 Å². The minimum absolute atomic E-state index is 0.295. The number of aliphatic hydroxyl groups excluding tert-OH is 1. The fraction of sp³-hybridized carbons (Fsp3) is 0.273. The number of benzene rings is 1. The zero-order valence-electron chi connectivity index (χ0n) is 9.09. The van der Waals surface area contributed by atoms with Crippen molar-refractivity contribution in [2.75, 3.05) is 6.61 Å². The Morgan fingerprint density at radius 3 is 2.65 bits per heavy atom. The van der Waals surface area contributed by atoms with E-state index in [1.54, 1.807) is 24.3 Å². The van der Waals surface area contributed by atoms with Gasteiger partial charge in [-0.1, -0.05) is 12.1 Å².